The molecule has 0 radical (unpaired) electrons. The van der Waals surface area contributed by atoms with Crippen LogP contribution in [0.15, 0.2) is 0 Å². The molecule has 0 aromatic carbocycles. The Morgan fingerprint density at radius 1 is 1.07 bits per heavy atom. The van der Waals surface area contributed by atoms with Crippen LogP contribution in [-0.2, 0) is 14.8 Å². The average molecular weight is 592 g/mol. The first-order valence-electron chi connectivity index (χ1n) is 14.4. The number of piperidine rings is 1. The fourth-order valence-electron chi connectivity index (χ4n) is 7.07. The molecule has 40 heavy (non-hydrogen) atoms. The molecule has 228 valence electrons. The minimum atomic E-state index is -4.03. The molecule has 2 heterocycles. The number of nitrogens with zero attached hydrogens (tertiary/aromatic N) is 2. The number of carbonyl (C=O) groups excluding carboxylic acids is 1. The van der Waals surface area contributed by atoms with Crippen LogP contribution in [0.2, 0.25) is 0 Å². The lowest BCUT2D eigenvalue weighted by molar-refractivity contribution is -0.124. The smallest absolute Gasteiger partial charge is 0.238 e. The minimum absolute atomic E-state index is 0.0279. The van der Waals surface area contributed by atoms with E-state index >= 15 is 13.2 Å². The van der Waals surface area contributed by atoms with E-state index in [0.29, 0.717) is 19.5 Å². The van der Waals surface area contributed by atoms with Crippen molar-refractivity contribution in [1.29, 1.82) is 5.26 Å². The van der Waals surface area contributed by atoms with Crippen molar-refractivity contribution in [2.24, 2.45) is 23.7 Å². The second-order valence-electron chi connectivity index (χ2n) is 12.3. The first kappa shape index (κ1) is 31.4. The molecular formula is C26H44F3N7O3S. The molecule has 0 bridgehead atoms. The summed E-state index contributed by atoms with van der Waals surface area (Å²) in [5, 5.41) is 14.2. The average Bonchev–Trinajstić information content (AvgIpc) is 3.34. The summed E-state index contributed by atoms with van der Waals surface area (Å²) in [6.45, 7) is 3.40. The Morgan fingerprint density at radius 2 is 1.80 bits per heavy atom. The van der Waals surface area contributed by atoms with E-state index in [0.717, 1.165) is 13.0 Å². The Morgan fingerprint density at radius 3 is 2.50 bits per heavy atom. The van der Waals surface area contributed by atoms with Gasteiger partial charge in [-0.05, 0) is 66.1 Å². The number of hydrazine groups is 1. The largest absolute Gasteiger partial charge is 0.355 e. The maximum atomic E-state index is 15.9. The predicted octanol–water partition coefficient (Wildman–Crippen LogP) is 0.528. The Balaban J connectivity index is 1.39. The molecule has 4 aliphatic rings. The van der Waals surface area contributed by atoms with Crippen LogP contribution in [0.5, 0.6) is 0 Å². The van der Waals surface area contributed by atoms with Crippen LogP contribution in [0.1, 0.15) is 45.4 Å². The standard InChI is InChI=1S/C26H44F3N7O3S/c1-14-20(11-15(12-30)13-32-14)40(38,39)35-19-8-7-18(27)21(23(19)29)16-5-6-17-24(22(16)28)33-34-25(17)26(37)31-9-4-10-36(2)3/h14-25,32-35H,4-11,13H2,1-3H3,(H,31,37). The van der Waals surface area contributed by atoms with Gasteiger partial charge >= 0.3 is 0 Å². The van der Waals surface area contributed by atoms with Gasteiger partial charge < -0.3 is 15.5 Å². The molecule has 2 saturated carbocycles. The number of hydrogen-bond acceptors (Lipinski definition) is 8. The topological polar surface area (TPSA) is 138 Å². The second kappa shape index (κ2) is 13.2. The van der Waals surface area contributed by atoms with Crippen LogP contribution in [-0.4, -0.2) is 101 Å². The van der Waals surface area contributed by atoms with Crippen molar-refractivity contribution in [1.82, 2.24) is 31.1 Å². The van der Waals surface area contributed by atoms with Crippen LogP contribution in [0.25, 0.3) is 0 Å². The Kier molecular flexibility index (Phi) is 10.4. The van der Waals surface area contributed by atoms with E-state index in [4.69, 9.17) is 0 Å². The van der Waals surface area contributed by atoms with Crippen LogP contribution in [0, 0.1) is 35.0 Å². The second-order valence-corrected chi connectivity index (χ2v) is 14.2. The highest BCUT2D eigenvalue weighted by atomic mass is 32.2. The van der Waals surface area contributed by atoms with Crippen molar-refractivity contribution >= 4 is 15.9 Å². The highest BCUT2D eigenvalue weighted by Gasteiger charge is 2.55. The van der Waals surface area contributed by atoms with Crippen molar-refractivity contribution in [2.75, 3.05) is 33.7 Å². The van der Waals surface area contributed by atoms with Gasteiger partial charge in [-0.3, -0.25) is 10.2 Å². The summed E-state index contributed by atoms with van der Waals surface area (Å²) >= 11 is 0. The highest BCUT2D eigenvalue weighted by Crippen LogP contribution is 2.45. The normalized spacial score (nSPS) is 42.2. The number of carbonyl (C=O) groups is 1. The minimum Gasteiger partial charge on any atom is -0.355 e. The van der Waals surface area contributed by atoms with E-state index in [1.807, 2.05) is 19.0 Å². The van der Waals surface area contributed by atoms with Crippen molar-refractivity contribution in [3.63, 3.8) is 0 Å². The third kappa shape index (κ3) is 6.76. The van der Waals surface area contributed by atoms with Gasteiger partial charge in [0.15, 0.2) is 0 Å². The number of alkyl halides is 3. The van der Waals surface area contributed by atoms with Gasteiger partial charge in [0.1, 0.15) is 24.6 Å². The zero-order valence-electron chi connectivity index (χ0n) is 23.5. The van der Waals surface area contributed by atoms with E-state index in [1.54, 1.807) is 6.92 Å². The molecule has 2 saturated heterocycles. The van der Waals surface area contributed by atoms with E-state index in [9.17, 15) is 18.5 Å². The third-order valence-corrected chi connectivity index (χ3v) is 11.3. The summed E-state index contributed by atoms with van der Waals surface area (Å²) in [5.41, 5.74) is 5.76. The quantitative estimate of drug-likeness (QED) is 0.245. The molecule has 2 aliphatic carbocycles. The van der Waals surface area contributed by atoms with Gasteiger partial charge in [0, 0.05) is 36.9 Å². The fraction of sp³-hybridized carbons (Fsp3) is 0.923. The number of halogens is 3. The van der Waals surface area contributed by atoms with Crippen molar-refractivity contribution in [3.05, 3.63) is 0 Å². The van der Waals surface area contributed by atoms with Crippen molar-refractivity contribution in [2.45, 2.75) is 93.4 Å². The lowest BCUT2D eigenvalue weighted by Gasteiger charge is -2.45. The van der Waals surface area contributed by atoms with Crippen molar-refractivity contribution < 1.29 is 26.4 Å². The molecule has 4 rings (SSSR count). The summed E-state index contributed by atoms with van der Waals surface area (Å²) in [6.07, 6.45) is -3.68. The highest BCUT2D eigenvalue weighted by molar-refractivity contribution is 7.90. The summed E-state index contributed by atoms with van der Waals surface area (Å²) in [7, 11) is -0.136. The number of rotatable bonds is 9. The molecule has 0 aromatic heterocycles. The Bertz CT molecular complexity index is 1030. The van der Waals surface area contributed by atoms with Crippen LogP contribution in [0.3, 0.4) is 0 Å². The molecule has 0 aromatic rings. The number of nitriles is 1. The summed E-state index contributed by atoms with van der Waals surface area (Å²) < 4.78 is 76.0. The van der Waals surface area contributed by atoms with Crippen LogP contribution >= 0.6 is 0 Å². The number of sulfonamides is 1. The van der Waals surface area contributed by atoms with Gasteiger partial charge in [0.25, 0.3) is 0 Å². The SMILES string of the molecule is CC1NCC(C#N)CC1S(=O)(=O)NC1CCC(F)C(C2CCC3C(C(=O)NCCCN(C)C)NNC3C2F)C1F. The van der Waals surface area contributed by atoms with E-state index in [2.05, 4.69) is 32.3 Å². The molecule has 4 fully saturated rings. The summed E-state index contributed by atoms with van der Waals surface area (Å²) in [6, 6.07) is -0.927. The predicted molar refractivity (Wildman–Crippen MR) is 144 cm³/mol. The van der Waals surface area contributed by atoms with Gasteiger partial charge in [-0.15, -0.1) is 0 Å². The monoisotopic (exact) mass is 591 g/mol. The third-order valence-electron chi connectivity index (χ3n) is 9.32. The number of amides is 1. The molecule has 10 nitrogen and oxygen atoms in total. The van der Waals surface area contributed by atoms with Gasteiger partial charge in [-0.1, -0.05) is 0 Å². The number of nitrogens with one attached hydrogen (secondary N) is 5. The molecule has 0 spiro atoms. The summed E-state index contributed by atoms with van der Waals surface area (Å²) in [5.74, 6) is -3.32. The lowest BCUT2D eigenvalue weighted by atomic mass is 9.65. The molecule has 12 atom stereocenters. The fourth-order valence-corrected chi connectivity index (χ4v) is 9.03. The Hall–Kier alpha value is -1.50. The zero-order valence-corrected chi connectivity index (χ0v) is 24.3. The maximum Gasteiger partial charge on any atom is 0.238 e. The molecular weight excluding hydrogens is 547 g/mol. The number of hydrogen-bond donors (Lipinski definition) is 5. The van der Waals surface area contributed by atoms with Gasteiger partial charge in [0.2, 0.25) is 15.9 Å². The van der Waals surface area contributed by atoms with Gasteiger partial charge in [-0.25, -0.2) is 31.7 Å². The first-order chi connectivity index (χ1) is 18.9. The lowest BCUT2D eigenvalue weighted by Crippen LogP contribution is -2.59. The van der Waals surface area contributed by atoms with Gasteiger partial charge in [0.05, 0.1) is 29.3 Å². The molecule has 1 amide bonds. The summed E-state index contributed by atoms with van der Waals surface area (Å²) in [4.78, 5) is 14.8. The first-order valence-corrected chi connectivity index (χ1v) is 16.0. The molecule has 14 heteroatoms. The van der Waals surface area contributed by atoms with Gasteiger partial charge in [-0.2, -0.15) is 5.26 Å². The van der Waals surface area contributed by atoms with E-state index < -0.39 is 75.7 Å². The zero-order chi connectivity index (χ0) is 29.2. The molecule has 2 aliphatic heterocycles. The van der Waals surface area contributed by atoms with Crippen LogP contribution in [0.4, 0.5) is 13.2 Å². The molecule has 5 N–H and O–H groups in total. The number of fused-ring (bicyclic) bond motifs is 1. The maximum absolute atomic E-state index is 15.9. The van der Waals surface area contributed by atoms with Crippen LogP contribution < -0.4 is 26.2 Å². The van der Waals surface area contributed by atoms with E-state index in [-0.39, 0.29) is 37.5 Å². The van der Waals surface area contributed by atoms with E-state index in [1.165, 1.54) is 0 Å². The Labute approximate surface area is 235 Å². The molecule has 12 unspecified atom stereocenters. The van der Waals surface area contributed by atoms with Crippen molar-refractivity contribution in [3.8, 4) is 6.07 Å².